The highest BCUT2D eigenvalue weighted by Gasteiger charge is 2.19. The molecule has 6 nitrogen and oxygen atoms in total. The first kappa shape index (κ1) is 57.4. The van der Waals surface area contributed by atoms with Gasteiger partial charge in [-0.1, -0.05) is 253 Å². The maximum absolute atomic E-state index is 12.8. The van der Waals surface area contributed by atoms with Crippen LogP contribution in [0.15, 0.2) is 0 Å². The first-order valence-electron chi connectivity index (χ1n) is 26.2. The first-order valence-corrected chi connectivity index (χ1v) is 26.2. The summed E-state index contributed by atoms with van der Waals surface area (Å²) in [5.41, 5.74) is 0. The first-order chi connectivity index (χ1) is 28.7. The molecule has 0 heterocycles. The number of esters is 3. The fraction of sp³-hybridized carbons (Fsp3) is 0.943. The van der Waals surface area contributed by atoms with Crippen LogP contribution in [-0.2, 0) is 28.6 Å². The molecule has 0 aromatic heterocycles. The SMILES string of the molecule is CCCCCCCCCCCCCCCC(=O)OC[C@@H](COC(=O)CCCCCCCCCCCCCCCCC(C)C)OC(=O)CCCCCCCCCCC(C)C. The molecule has 0 amide bonds. The Balaban J connectivity index is 4.27. The second-order valence-electron chi connectivity index (χ2n) is 19.1. The van der Waals surface area contributed by atoms with Gasteiger partial charge in [0, 0.05) is 19.3 Å². The largest absolute Gasteiger partial charge is 0.462 e. The lowest BCUT2D eigenvalue weighted by molar-refractivity contribution is -0.167. The number of carbonyl (C=O) groups excluding carboxylic acids is 3. The molecule has 0 aliphatic heterocycles. The summed E-state index contributed by atoms with van der Waals surface area (Å²) < 4.78 is 16.8. The van der Waals surface area contributed by atoms with Gasteiger partial charge in [-0.25, -0.2) is 0 Å². The van der Waals surface area contributed by atoms with Crippen LogP contribution in [0.1, 0.15) is 291 Å². The van der Waals surface area contributed by atoms with Crippen molar-refractivity contribution in [1.29, 1.82) is 0 Å². The second-order valence-corrected chi connectivity index (χ2v) is 19.1. The molecular weight excluding hydrogens is 733 g/mol. The van der Waals surface area contributed by atoms with Gasteiger partial charge in [0.2, 0.25) is 0 Å². The maximum Gasteiger partial charge on any atom is 0.306 e. The highest BCUT2D eigenvalue weighted by atomic mass is 16.6. The van der Waals surface area contributed by atoms with Crippen molar-refractivity contribution in [2.75, 3.05) is 13.2 Å². The van der Waals surface area contributed by atoms with E-state index in [1.54, 1.807) is 0 Å². The van der Waals surface area contributed by atoms with E-state index in [-0.39, 0.29) is 31.1 Å². The average molecular weight is 835 g/mol. The molecule has 0 fully saturated rings. The van der Waals surface area contributed by atoms with Crippen molar-refractivity contribution >= 4 is 17.9 Å². The van der Waals surface area contributed by atoms with Gasteiger partial charge >= 0.3 is 17.9 Å². The predicted molar refractivity (Wildman–Crippen MR) is 252 cm³/mol. The van der Waals surface area contributed by atoms with Crippen molar-refractivity contribution in [1.82, 2.24) is 0 Å². The van der Waals surface area contributed by atoms with Gasteiger partial charge < -0.3 is 14.2 Å². The summed E-state index contributed by atoms with van der Waals surface area (Å²) in [6, 6.07) is 0. The van der Waals surface area contributed by atoms with Crippen molar-refractivity contribution < 1.29 is 28.6 Å². The summed E-state index contributed by atoms with van der Waals surface area (Å²) >= 11 is 0. The van der Waals surface area contributed by atoms with Gasteiger partial charge in [0.05, 0.1) is 0 Å². The molecule has 0 unspecified atom stereocenters. The molecule has 0 radical (unpaired) electrons. The van der Waals surface area contributed by atoms with E-state index in [0.29, 0.717) is 19.3 Å². The van der Waals surface area contributed by atoms with Gasteiger partial charge in [0.25, 0.3) is 0 Å². The minimum Gasteiger partial charge on any atom is -0.462 e. The van der Waals surface area contributed by atoms with Crippen LogP contribution in [0, 0.1) is 11.8 Å². The Morgan fingerprint density at radius 3 is 0.831 bits per heavy atom. The van der Waals surface area contributed by atoms with Crippen LogP contribution in [0.25, 0.3) is 0 Å². The Bertz CT molecular complexity index is 900. The van der Waals surface area contributed by atoms with Crippen molar-refractivity contribution in [3.8, 4) is 0 Å². The Hall–Kier alpha value is -1.59. The molecule has 0 aromatic rings. The smallest absolute Gasteiger partial charge is 0.306 e. The van der Waals surface area contributed by atoms with Crippen LogP contribution < -0.4 is 0 Å². The summed E-state index contributed by atoms with van der Waals surface area (Å²) in [4.78, 5) is 37.9. The monoisotopic (exact) mass is 835 g/mol. The van der Waals surface area contributed by atoms with E-state index in [0.717, 1.165) is 69.6 Å². The average Bonchev–Trinajstić information content (AvgIpc) is 3.20. The fourth-order valence-corrected chi connectivity index (χ4v) is 7.99. The molecule has 0 saturated heterocycles. The fourth-order valence-electron chi connectivity index (χ4n) is 7.99. The zero-order valence-electron chi connectivity index (χ0n) is 40.4. The molecule has 0 saturated carbocycles. The zero-order valence-corrected chi connectivity index (χ0v) is 40.4. The third-order valence-corrected chi connectivity index (χ3v) is 12.0. The highest BCUT2D eigenvalue weighted by molar-refractivity contribution is 5.71. The lowest BCUT2D eigenvalue weighted by Crippen LogP contribution is -2.30. The highest BCUT2D eigenvalue weighted by Crippen LogP contribution is 2.17. The van der Waals surface area contributed by atoms with Crippen molar-refractivity contribution in [2.24, 2.45) is 11.8 Å². The van der Waals surface area contributed by atoms with Crippen LogP contribution in [0.5, 0.6) is 0 Å². The molecule has 0 N–H and O–H groups in total. The van der Waals surface area contributed by atoms with Crippen LogP contribution in [0.3, 0.4) is 0 Å². The molecule has 59 heavy (non-hydrogen) atoms. The van der Waals surface area contributed by atoms with Crippen LogP contribution >= 0.6 is 0 Å². The van der Waals surface area contributed by atoms with E-state index in [2.05, 4.69) is 34.6 Å². The van der Waals surface area contributed by atoms with E-state index in [4.69, 9.17) is 14.2 Å². The summed E-state index contributed by atoms with van der Waals surface area (Å²) in [6.45, 7) is 11.4. The number of rotatable bonds is 47. The van der Waals surface area contributed by atoms with E-state index in [1.807, 2.05) is 0 Å². The maximum atomic E-state index is 12.8. The van der Waals surface area contributed by atoms with Crippen LogP contribution in [0.2, 0.25) is 0 Å². The third kappa shape index (κ3) is 47.3. The Morgan fingerprint density at radius 1 is 0.322 bits per heavy atom. The Kier molecular flexibility index (Phi) is 44.7. The van der Waals surface area contributed by atoms with Crippen molar-refractivity contribution in [2.45, 2.75) is 298 Å². The molecule has 0 bridgehead atoms. The van der Waals surface area contributed by atoms with Gasteiger partial charge in [-0.15, -0.1) is 0 Å². The molecule has 0 aliphatic rings. The number of hydrogen-bond donors (Lipinski definition) is 0. The molecule has 0 spiro atoms. The Morgan fingerprint density at radius 2 is 0.559 bits per heavy atom. The molecule has 0 aromatic carbocycles. The van der Waals surface area contributed by atoms with Crippen LogP contribution in [-0.4, -0.2) is 37.2 Å². The standard InChI is InChI=1S/C53H102O6/c1-6-7-8-9-10-11-12-15-19-22-28-33-38-43-51(54)57-46-50(59-53(56)45-40-35-30-25-24-27-32-37-42-49(4)5)47-58-52(55)44-39-34-29-23-20-17-14-13-16-18-21-26-31-36-41-48(2)3/h48-50H,6-47H2,1-5H3/t50-/m0/s1. The van der Waals surface area contributed by atoms with Gasteiger partial charge in [0.1, 0.15) is 13.2 Å². The van der Waals surface area contributed by atoms with E-state index >= 15 is 0 Å². The number of unbranched alkanes of at least 4 members (excludes halogenated alkanes) is 32. The van der Waals surface area contributed by atoms with Gasteiger partial charge in [0.15, 0.2) is 6.10 Å². The predicted octanol–water partition coefficient (Wildman–Crippen LogP) is 16.9. The number of ether oxygens (including phenoxy) is 3. The molecule has 0 rings (SSSR count). The lowest BCUT2D eigenvalue weighted by atomic mass is 10.0. The topological polar surface area (TPSA) is 78.9 Å². The molecule has 1 atom stereocenters. The minimum absolute atomic E-state index is 0.0639. The Labute approximate surface area is 368 Å². The molecule has 6 heteroatoms. The summed E-state index contributed by atoms with van der Waals surface area (Å²) in [5.74, 6) is 0.789. The lowest BCUT2D eigenvalue weighted by Gasteiger charge is -2.18. The second kappa shape index (κ2) is 45.9. The zero-order chi connectivity index (χ0) is 43.3. The van der Waals surface area contributed by atoms with Crippen molar-refractivity contribution in [3.63, 3.8) is 0 Å². The normalized spacial score (nSPS) is 12.1. The summed E-state index contributed by atoms with van der Waals surface area (Å²) in [5, 5.41) is 0. The quantitative estimate of drug-likeness (QED) is 0.0345. The van der Waals surface area contributed by atoms with E-state index in [9.17, 15) is 14.4 Å². The number of hydrogen-bond acceptors (Lipinski definition) is 6. The van der Waals surface area contributed by atoms with E-state index < -0.39 is 6.10 Å². The molecular formula is C53H102O6. The minimum atomic E-state index is -0.761. The summed E-state index contributed by atoms with van der Waals surface area (Å²) in [6.07, 6.45) is 46.6. The third-order valence-electron chi connectivity index (χ3n) is 12.0. The number of carbonyl (C=O) groups is 3. The van der Waals surface area contributed by atoms with Crippen LogP contribution in [0.4, 0.5) is 0 Å². The molecule has 350 valence electrons. The van der Waals surface area contributed by atoms with Gasteiger partial charge in [-0.2, -0.15) is 0 Å². The molecule has 0 aliphatic carbocycles. The van der Waals surface area contributed by atoms with Gasteiger partial charge in [-0.3, -0.25) is 14.4 Å². The van der Waals surface area contributed by atoms with E-state index in [1.165, 1.54) is 180 Å². The van der Waals surface area contributed by atoms with Crippen molar-refractivity contribution in [3.05, 3.63) is 0 Å². The van der Waals surface area contributed by atoms with Gasteiger partial charge in [-0.05, 0) is 31.1 Å². The summed E-state index contributed by atoms with van der Waals surface area (Å²) in [7, 11) is 0.